The van der Waals surface area contributed by atoms with Crippen LogP contribution < -0.4 is 0 Å². The molecule has 3 unspecified atom stereocenters. The highest BCUT2D eigenvalue weighted by atomic mass is 32.2. The van der Waals surface area contributed by atoms with Crippen molar-refractivity contribution < 1.29 is 19.2 Å². The summed E-state index contributed by atoms with van der Waals surface area (Å²) in [5.74, 6) is -1.04. The number of nitrogens with zero attached hydrogens (tertiary/aromatic N) is 2. The lowest BCUT2D eigenvalue weighted by atomic mass is 9.81. The predicted octanol–water partition coefficient (Wildman–Crippen LogP) is 1.45. The standard InChI is InChI=1S/C12H14N2O3S3/c1-12(5-7-3-4-13(2)20-7)9-10(17)14(12,6-8(15)16)11(18)19-9/h5,9H,3-4,6H2,1-2H3/p+1. The van der Waals surface area contributed by atoms with Crippen LogP contribution in [0.1, 0.15) is 13.3 Å². The maximum absolute atomic E-state index is 12.3. The Morgan fingerprint density at radius 2 is 2.40 bits per heavy atom. The number of carbonyl (C=O) groups is 2. The lowest BCUT2D eigenvalue weighted by Gasteiger charge is -2.50. The SMILES string of the molecule is CN1CCC(=CC2(C)C3SC(=S)[N+]2(CC(=O)O)C3=O)S1. The molecule has 4 rings (SSSR count). The second-order valence-corrected chi connectivity index (χ2v) is 8.56. The van der Waals surface area contributed by atoms with E-state index < -0.39 is 11.5 Å². The quantitative estimate of drug-likeness (QED) is 0.363. The van der Waals surface area contributed by atoms with Gasteiger partial charge in [-0.25, -0.2) is 13.9 Å². The highest BCUT2D eigenvalue weighted by molar-refractivity contribution is 8.24. The van der Waals surface area contributed by atoms with Gasteiger partial charge in [-0.05, 0) is 62.4 Å². The topological polar surface area (TPSA) is 57.6 Å². The van der Waals surface area contributed by atoms with Gasteiger partial charge in [0, 0.05) is 11.4 Å². The number of carboxylic acid groups (broad SMARTS) is 1. The van der Waals surface area contributed by atoms with Crippen molar-refractivity contribution in [2.24, 2.45) is 0 Å². The Morgan fingerprint density at radius 1 is 1.70 bits per heavy atom. The highest BCUT2D eigenvalue weighted by Gasteiger charge is 2.81. The molecule has 4 aliphatic rings. The molecule has 2 bridgehead atoms. The molecule has 0 aromatic heterocycles. The summed E-state index contributed by atoms with van der Waals surface area (Å²) in [7, 11) is 2.02. The van der Waals surface area contributed by atoms with Gasteiger partial charge in [0.15, 0.2) is 17.3 Å². The maximum Gasteiger partial charge on any atom is 0.360 e. The third-order valence-corrected chi connectivity index (χ3v) is 7.33. The first-order valence-corrected chi connectivity index (χ1v) is 8.34. The fourth-order valence-electron chi connectivity index (χ4n) is 3.15. The van der Waals surface area contributed by atoms with Crippen LogP contribution >= 0.6 is 35.9 Å². The van der Waals surface area contributed by atoms with E-state index in [4.69, 9.17) is 17.3 Å². The molecule has 4 aliphatic heterocycles. The lowest BCUT2D eigenvalue weighted by Crippen LogP contribution is -2.79. The molecular weight excluding hydrogens is 316 g/mol. The van der Waals surface area contributed by atoms with E-state index in [9.17, 15) is 9.59 Å². The zero-order chi connectivity index (χ0) is 14.7. The van der Waals surface area contributed by atoms with E-state index in [2.05, 4.69) is 10.4 Å². The summed E-state index contributed by atoms with van der Waals surface area (Å²) in [6.45, 7) is 2.68. The first-order chi connectivity index (χ1) is 9.31. The molecule has 5 nitrogen and oxygen atoms in total. The molecule has 4 fully saturated rings. The molecule has 0 aliphatic carbocycles. The summed E-state index contributed by atoms with van der Waals surface area (Å²) >= 11 is 8.33. The van der Waals surface area contributed by atoms with Crippen LogP contribution in [0.25, 0.3) is 0 Å². The fourth-order valence-corrected chi connectivity index (χ4v) is 6.35. The van der Waals surface area contributed by atoms with E-state index in [1.54, 1.807) is 11.9 Å². The second kappa shape index (κ2) is 4.54. The van der Waals surface area contributed by atoms with Gasteiger partial charge < -0.3 is 5.11 Å². The van der Waals surface area contributed by atoms with E-state index in [0.717, 1.165) is 13.0 Å². The number of rotatable bonds is 3. The van der Waals surface area contributed by atoms with Gasteiger partial charge in [0.1, 0.15) is 0 Å². The number of hydrogen-bond acceptors (Lipinski definition) is 6. The van der Waals surface area contributed by atoms with Crippen molar-refractivity contribution in [1.29, 1.82) is 0 Å². The summed E-state index contributed by atoms with van der Waals surface area (Å²) in [4.78, 5) is 24.7. The Morgan fingerprint density at radius 3 is 2.90 bits per heavy atom. The maximum atomic E-state index is 12.3. The van der Waals surface area contributed by atoms with Gasteiger partial charge in [0.2, 0.25) is 4.32 Å². The smallest absolute Gasteiger partial charge is 0.360 e. The number of carboxylic acids is 1. The van der Waals surface area contributed by atoms with E-state index in [1.165, 1.54) is 16.7 Å². The van der Waals surface area contributed by atoms with Gasteiger partial charge >= 0.3 is 11.9 Å². The van der Waals surface area contributed by atoms with Crippen LogP contribution in [0, 0.1) is 0 Å². The van der Waals surface area contributed by atoms with Crippen molar-refractivity contribution >= 4 is 52.1 Å². The minimum absolute atomic E-state index is 0.0573. The molecule has 0 aromatic carbocycles. The summed E-state index contributed by atoms with van der Waals surface area (Å²) in [6, 6.07) is 0. The predicted molar refractivity (Wildman–Crippen MR) is 83.1 cm³/mol. The van der Waals surface area contributed by atoms with Crippen molar-refractivity contribution in [3.8, 4) is 0 Å². The molecule has 4 saturated heterocycles. The van der Waals surface area contributed by atoms with Crippen LogP contribution in [0.3, 0.4) is 0 Å². The number of amides is 1. The van der Waals surface area contributed by atoms with E-state index in [-0.39, 0.29) is 22.2 Å². The molecule has 20 heavy (non-hydrogen) atoms. The molecule has 1 N–H and O–H groups in total. The number of thiocarbonyl (C=S) groups is 1. The van der Waals surface area contributed by atoms with Crippen molar-refractivity contribution in [1.82, 2.24) is 4.31 Å². The lowest BCUT2D eigenvalue weighted by molar-refractivity contribution is -0.823. The second-order valence-electron chi connectivity index (χ2n) is 5.49. The largest absolute Gasteiger partial charge is 0.477 e. The minimum Gasteiger partial charge on any atom is -0.477 e. The van der Waals surface area contributed by atoms with Crippen molar-refractivity contribution in [2.45, 2.75) is 24.1 Å². The molecule has 0 radical (unpaired) electrons. The normalized spacial score (nSPS) is 42.3. The Bertz CT molecular complexity index is 554. The van der Waals surface area contributed by atoms with Gasteiger partial charge in [0.25, 0.3) is 0 Å². The fraction of sp³-hybridized carbons (Fsp3) is 0.583. The third-order valence-electron chi connectivity index (χ3n) is 4.26. The number of fused-ring (bicyclic) bond motifs is 1. The molecule has 1 amide bonds. The number of carbonyl (C=O) groups excluding carboxylic acids is 1. The third kappa shape index (κ3) is 1.69. The zero-order valence-corrected chi connectivity index (χ0v) is 13.6. The van der Waals surface area contributed by atoms with Gasteiger partial charge in [0.05, 0.1) is 0 Å². The molecule has 8 heteroatoms. The van der Waals surface area contributed by atoms with Crippen molar-refractivity contribution in [2.75, 3.05) is 20.1 Å². The van der Waals surface area contributed by atoms with Gasteiger partial charge in [-0.3, -0.25) is 0 Å². The number of hydrogen-bond donors (Lipinski definition) is 1. The van der Waals surface area contributed by atoms with E-state index in [0.29, 0.717) is 4.32 Å². The molecular formula is C12H15N2O3S3+. The Balaban J connectivity index is 1.99. The summed E-state index contributed by atoms with van der Waals surface area (Å²) in [5.41, 5.74) is -0.509. The van der Waals surface area contributed by atoms with Crippen molar-refractivity contribution in [3.63, 3.8) is 0 Å². The van der Waals surface area contributed by atoms with Gasteiger partial charge in [-0.15, -0.1) is 0 Å². The van der Waals surface area contributed by atoms with Gasteiger partial charge in [-0.1, -0.05) is 0 Å². The molecule has 4 heterocycles. The van der Waals surface area contributed by atoms with Crippen LogP contribution in [0.15, 0.2) is 11.0 Å². The average molecular weight is 331 g/mol. The average Bonchev–Trinajstić information content (AvgIpc) is 2.93. The van der Waals surface area contributed by atoms with Crippen LogP contribution in [0.2, 0.25) is 0 Å². The highest BCUT2D eigenvalue weighted by Crippen LogP contribution is 2.59. The number of aliphatic carboxylic acids is 1. The first kappa shape index (κ1) is 14.5. The van der Waals surface area contributed by atoms with Crippen LogP contribution in [-0.4, -0.2) is 61.0 Å². The van der Waals surface area contributed by atoms with Crippen molar-refractivity contribution in [3.05, 3.63) is 11.0 Å². The molecule has 0 aromatic rings. The summed E-state index contributed by atoms with van der Waals surface area (Å²) < 4.78 is 2.44. The van der Waals surface area contributed by atoms with E-state index in [1.807, 2.05) is 14.0 Å². The molecule has 3 atom stereocenters. The Labute approximate surface area is 131 Å². The number of quaternary nitrogens is 1. The first-order valence-electron chi connectivity index (χ1n) is 6.27. The van der Waals surface area contributed by atoms with Crippen LogP contribution in [0.5, 0.6) is 0 Å². The van der Waals surface area contributed by atoms with Crippen LogP contribution in [0.4, 0.5) is 0 Å². The van der Waals surface area contributed by atoms with Gasteiger partial charge in [-0.2, -0.15) is 4.48 Å². The van der Waals surface area contributed by atoms with Crippen LogP contribution in [-0.2, 0) is 9.59 Å². The Hall–Kier alpha value is -0.410. The minimum atomic E-state index is -0.984. The number of β-lactam (4-membered cyclic amide) rings is 1. The summed E-state index contributed by atoms with van der Waals surface area (Å²) in [5, 5.41) is 8.94. The monoisotopic (exact) mass is 331 g/mol. The van der Waals surface area contributed by atoms with E-state index >= 15 is 0 Å². The summed E-state index contributed by atoms with van der Waals surface area (Å²) in [6.07, 6.45) is 3.03. The molecule has 108 valence electrons. The molecule has 0 spiro atoms. The zero-order valence-electron chi connectivity index (χ0n) is 11.2. The number of thioether (sulfide) groups is 1. The Kier molecular flexibility index (Phi) is 3.30. The molecule has 0 saturated carbocycles.